The van der Waals surface area contributed by atoms with Gasteiger partial charge in [0.05, 0.1) is 5.75 Å². The van der Waals surface area contributed by atoms with E-state index in [-0.39, 0.29) is 0 Å². The fraction of sp³-hybridized carbons (Fsp3) is 0.944. The summed E-state index contributed by atoms with van der Waals surface area (Å²) in [6.07, 6.45) is 18.6. The number of carbonyl (C=O) groups excluding carboxylic acids is 1. The largest absolute Gasteiger partial charge is 0.299 e. The minimum atomic E-state index is 0.444. The van der Waals surface area contributed by atoms with Gasteiger partial charge in [-0.2, -0.15) is 0 Å². The number of alkyl halides is 1. The van der Waals surface area contributed by atoms with Crippen LogP contribution in [0.1, 0.15) is 96.8 Å². The molecule has 0 spiro atoms. The van der Waals surface area contributed by atoms with Crippen LogP contribution >= 0.6 is 34.4 Å². The molecule has 0 aromatic rings. The lowest BCUT2D eigenvalue weighted by atomic mass is 10.0. The van der Waals surface area contributed by atoms with Crippen molar-refractivity contribution in [2.75, 3.05) is 9.51 Å². The maximum Gasteiger partial charge on any atom is 0.142 e. The van der Waals surface area contributed by atoms with Gasteiger partial charge in [-0.1, -0.05) is 107 Å². The molecule has 0 heterocycles. The van der Waals surface area contributed by atoms with Gasteiger partial charge in [0.1, 0.15) is 5.78 Å². The topological polar surface area (TPSA) is 17.1 Å². The van der Waals surface area contributed by atoms with Crippen LogP contribution in [0.25, 0.3) is 0 Å². The van der Waals surface area contributed by atoms with Crippen LogP contribution in [0.3, 0.4) is 0 Å². The average molecular weight is 426 g/mol. The quantitative estimate of drug-likeness (QED) is 0.139. The first-order valence-electron chi connectivity index (χ1n) is 8.96. The SMILES string of the molecule is CCCCCCCCCCCCCCCC(=O)CSCI. The lowest BCUT2D eigenvalue weighted by molar-refractivity contribution is -0.116. The Kier molecular flexibility index (Phi) is 19.5. The van der Waals surface area contributed by atoms with Gasteiger partial charge in [-0.05, 0) is 6.42 Å². The molecule has 0 aromatic carbocycles. The van der Waals surface area contributed by atoms with Gasteiger partial charge in [-0.3, -0.25) is 4.79 Å². The highest BCUT2D eigenvalue weighted by Gasteiger charge is 2.01. The molecule has 0 aliphatic rings. The number of thioether (sulfide) groups is 1. The molecule has 1 nitrogen and oxygen atoms in total. The van der Waals surface area contributed by atoms with Gasteiger partial charge in [0.25, 0.3) is 0 Å². The van der Waals surface area contributed by atoms with Crippen molar-refractivity contribution in [2.24, 2.45) is 0 Å². The van der Waals surface area contributed by atoms with Gasteiger partial charge < -0.3 is 0 Å². The van der Waals surface area contributed by atoms with Crippen LogP contribution in [0.2, 0.25) is 0 Å². The molecule has 0 N–H and O–H groups in total. The first kappa shape index (κ1) is 21.8. The predicted octanol–water partition coefficient (Wildman–Crippen LogP) is 7.16. The first-order valence-corrected chi connectivity index (χ1v) is 11.6. The Morgan fingerprint density at radius 2 is 1.19 bits per heavy atom. The van der Waals surface area contributed by atoms with Gasteiger partial charge in [-0.15, -0.1) is 11.8 Å². The molecule has 0 saturated carbocycles. The van der Waals surface area contributed by atoms with E-state index in [0.717, 1.165) is 22.4 Å². The molecule has 21 heavy (non-hydrogen) atoms. The Morgan fingerprint density at radius 3 is 1.62 bits per heavy atom. The molecule has 0 aliphatic heterocycles. The highest BCUT2D eigenvalue weighted by Crippen LogP contribution is 2.13. The average Bonchev–Trinajstić information content (AvgIpc) is 2.49. The van der Waals surface area contributed by atoms with Crippen LogP contribution in [0.15, 0.2) is 0 Å². The molecule has 0 aromatic heterocycles. The lowest BCUT2D eigenvalue weighted by Crippen LogP contribution is -2.00. The van der Waals surface area contributed by atoms with Gasteiger partial charge >= 0.3 is 0 Å². The summed E-state index contributed by atoms with van der Waals surface area (Å²) >= 11 is 4.05. The zero-order valence-corrected chi connectivity index (χ0v) is 17.0. The van der Waals surface area contributed by atoms with Crippen LogP contribution in [0.4, 0.5) is 0 Å². The van der Waals surface area contributed by atoms with Crippen molar-refractivity contribution in [2.45, 2.75) is 96.8 Å². The van der Waals surface area contributed by atoms with Crippen LogP contribution in [0.5, 0.6) is 0 Å². The van der Waals surface area contributed by atoms with Crippen molar-refractivity contribution in [3.05, 3.63) is 0 Å². The number of carbonyl (C=O) groups is 1. The highest BCUT2D eigenvalue weighted by atomic mass is 127. The number of rotatable bonds is 17. The molecule has 126 valence electrons. The second kappa shape index (κ2) is 18.8. The summed E-state index contributed by atoms with van der Waals surface area (Å²) in [6, 6.07) is 0. The minimum absolute atomic E-state index is 0.444. The van der Waals surface area contributed by atoms with E-state index < -0.39 is 0 Å². The summed E-state index contributed by atoms with van der Waals surface area (Å²) in [7, 11) is 0. The third-order valence-corrected chi connectivity index (χ3v) is 5.90. The molecule has 3 heteroatoms. The highest BCUT2D eigenvalue weighted by molar-refractivity contribution is 14.1. The predicted molar refractivity (Wildman–Crippen MR) is 107 cm³/mol. The Labute approximate surface area is 150 Å². The van der Waals surface area contributed by atoms with Crippen molar-refractivity contribution in [3.63, 3.8) is 0 Å². The summed E-state index contributed by atoms with van der Waals surface area (Å²) in [5, 5.41) is 0. The molecule has 0 aliphatic carbocycles. The Morgan fingerprint density at radius 1 is 0.762 bits per heavy atom. The van der Waals surface area contributed by atoms with Crippen LogP contribution < -0.4 is 0 Å². The van der Waals surface area contributed by atoms with E-state index in [2.05, 4.69) is 29.5 Å². The van der Waals surface area contributed by atoms with Crippen LogP contribution in [0, 0.1) is 0 Å². The van der Waals surface area contributed by atoms with E-state index in [1.807, 2.05) is 0 Å². The third kappa shape index (κ3) is 18.7. The van der Waals surface area contributed by atoms with Gasteiger partial charge in [0.2, 0.25) is 0 Å². The summed E-state index contributed by atoms with van der Waals surface area (Å²) < 4.78 is 1.03. The molecule has 0 fully saturated rings. The number of hydrogen-bond acceptors (Lipinski definition) is 2. The summed E-state index contributed by atoms with van der Waals surface area (Å²) in [5.74, 6) is 1.17. The fourth-order valence-electron chi connectivity index (χ4n) is 2.56. The Balaban J connectivity index is 3.04. The number of hydrogen-bond donors (Lipinski definition) is 0. The van der Waals surface area contributed by atoms with E-state index in [1.54, 1.807) is 11.8 Å². The zero-order chi connectivity index (χ0) is 15.6. The monoisotopic (exact) mass is 426 g/mol. The normalized spacial score (nSPS) is 11.0. The maximum atomic E-state index is 11.5. The van der Waals surface area contributed by atoms with E-state index in [1.165, 1.54) is 77.0 Å². The van der Waals surface area contributed by atoms with E-state index in [4.69, 9.17) is 0 Å². The molecule has 0 unspecified atom stereocenters. The lowest BCUT2D eigenvalue weighted by Gasteiger charge is -2.03. The number of Topliss-reactive ketones (excluding diaryl/α,β-unsaturated/α-hetero) is 1. The molecule has 0 rings (SSSR count). The number of halogens is 1. The standard InChI is InChI=1S/C18H35IOS/c1-2-3-4-5-6-7-8-9-10-11-12-13-14-15-18(20)16-21-17-19/h2-17H2,1H3. The van der Waals surface area contributed by atoms with Crippen molar-refractivity contribution < 1.29 is 4.79 Å². The molecular formula is C18H35IOS. The van der Waals surface area contributed by atoms with Gasteiger partial charge in [-0.25, -0.2) is 0 Å². The summed E-state index contributed by atoms with van der Waals surface area (Å²) in [5.41, 5.74) is 0. The minimum Gasteiger partial charge on any atom is -0.299 e. The molecule has 0 saturated heterocycles. The molecular weight excluding hydrogens is 391 g/mol. The van der Waals surface area contributed by atoms with Gasteiger partial charge in [0, 0.05) is 10.2 Å². The maximum absolute atomic E-state index is 11.5. The second-order valence-corrected chi connectivity index (χ2v) is 8.77. The molecule has 0 amide bonds. The molecule has 0 bridgehead atoms. The van der Waals surface area contributed by atoms with Crippen molar-refractivity contribution >= 4 is 40.1 Å². The van der Waals surface area contributed by atoms with Crippen molar-refractivity contribution in [1.82, 2.24) is 0 Å². The van der Waals surface area contributed by atoms with Crippen LogP contribution in [-0.2, 0) is 4.79 Å². The number of ketones is 1. The van der Waals surface area contributed by atoms with E-state index in [9.17, 15) is 4.79 Å². The Hall–Kier alpha value is 0.750. The summed E-state index contributed by atoms with van der Waals surface area (Å²) in [6.45, 7) is 2.28. The van der Waals surface area contributed by atoms with Crippen LogP contribution in [-0.4, -0.2) is 15.3 Å². The second-order valence-electron chi connectivity index (χ2n) is 5.99. The van der Waals surface area contributed by atoms with E-state index >= 15 is 0 Å². The van der Waals surface area contributed by atoms with Gasteiger partial charge in [0.15, 0.2) is 0 Å². The third-order valence-electron chi connectivity index (χ3n) is 3.90. The van der Waals surface area contributed by atoms with E-state index in [0.29, 0.717) is 5.78 Å². The number of unbranched alkanes of at least 4 members (excludes halogenated alkanes) is 12. The molecule has 0 radical (unpaired) electrons. The molecule has 0 atom stereocenters. The van der Waals surface area contributed by atoms with Crippen molar-refractivity contribution in [3.8, 4) is 0 Å². The first-order chi connectivity index (χ1) is 10.3. The zero-order valence-electron chi connectivity index (χ0n) is 14.0. The van der Waals surface area contributed by atoms with Crippen molar-refractivity contribution in [1.29, 1.82) is 0 Å². The fourth-order valence-corrected chi connectivity index (χ4v) is 3.67. The summed E-state index contributed by atoms with van der Waals surface area (Å²) in [4.78, 5) is 11.5. The smallest absolute Gasteiger partial charge is 0.142 e. The Bertz CT molecular complexity index is 221.